The standard InChI is InChI=1S/C15H11BrCl2N2O/c16-9-3-1-8(2-4-9)14-13(19)15(21)20(14)10-5-6-11(17)12(18)7-10/h1-7,13-14H,19H2/t13-,14+/m1/s1. The molecule has 108 valence electrons. The third-order valence-corrected chi connectivity index (χ3v) is 4.80. The molecule has 0 radical (unpaired) electrons. The third kappa shape index (κ3) is 2.57. The highest BCUT2D eigenvalue weighted by Crippen LogP contribution is 2.40. The zero-order chi connectivity index (χ0) is 15.1. The van der Waals surface area contributed by atoms with Gasteiger partial charge in [0.15, 0.2) is 0 Å². The summed E-state index contributed by atoms with van der Waals surface area (Å²) in [6.07, 6.45) is 0. The monoisotopic (exact) mass is 384 g/mol. The molecule has 1 fully saturated rings. The van der Waals surface area contributed by atoms with Crippen LogP contribution in [0, 0.1) is 0 Å². The maximum absolute atomic E-state index is 12.1. The predicted molar refractivity (Wildman–Crippen MR) is 88.8 cm³/mol. The lowest BCUT2D eigenvalue weighted by Crippen LogP contribution is -2.63. The van der Waals surface area contributed by atoms with Crippen LogP contribution >= 0.6 is 39.1 Å². The zero-order valence-corrected chi connectivity index (χ0v) is 13.9. The molecule has 0 aliphatic carbocycles. The van der Waals surface area contributed by atoms with E-state index in [1.54, 1.807) is 23.1 Å². The number of benzene rings is 2. The van der Waals surface area contributed by atoms with Crippen LogP contribution in [0.3, 0.4) is 0 Å². The Labute approximate surface area is 140 Å². The Morgan fingerprint density at radius 3 is 2.33 bits per heavy atom. The maximum atomic E-state index is 12.1. The molecule has 1 aliphatic heterocycles. The van der Waals surface area contributed by atoms with Crippen molar-refractivity contribution >= 4 is 50.7 Å². The number of carbonyl (C=O) groups is 1. The van der Waals surface area contributed by atoms with E-state index >= 15 is 0 Å². The molecule has 6 heteroatoms. The van der Waals surface area contributed by atoms with Crippen LogP contribution in [0.5, 0.6) is 0 Å². The molecule has 0 aromatic heterocycles. The van der Waals surface area contributed by atoms with Crippen LogP contribution < -0.4 is 10.6 Å². The molecule has 1 saturated heterocycles. The first-order valence-corrected chi connectivity index (χ1v) is 7.83. The Kier molecular flexibility index (Phi) is 3.97. The number of hydrogen-bond donors (Lipinski definition) is 1. The van der Waals surface area contributed by atoms with Crippen LogP contribution in [-0.2, 0) is 4.79 Å². The molecule has 3 nitrogen and oxygen atoms in total. The fraction of sp³-hybridized carbons (Fsp3) is 0.133. The Morgan fingerprint density at radius 1 is 1.05 bits per heavy atom. The van der Waals surface area contributed by atoms with Crippen molar-refractivity contribution in [3.63, 3.8) is 0 Å². The third-order valence-electron chi connectivity index (χ3n) is 3.53. The summed E-state index contributed by atoms with van der Waals surface area (Å²) in [5.74, 6) is -0.124. The molecule has 2 aromatic carbocycles. The van der Waals surface area contributed by atoms with Crippen molar-refractivity contribution in [3.8, 4) is 0 Å². The topological polar surface area (TPSA) is 46.3 Å². The predicted octanol–water partition coefficient (Wildman–Crippen LogP) is 4.17. The van der Waals surface area contributed by atoms with Crippen molar-refractivity contribution in [1.82, 2.24) is 0 Å². The average molecular weight is 386 g/mol. The van der Waals surface area contributed by atoms with Crippen molar-refractivity contribution in [3.05, 3.63) is 62.5 Å². The van der Waals surface area contributed by atoms with Crippen LogP contribution in [0.2, 0.25) is 10.0 Å². The van der Waals surface area contributed by atoms with Gasteiger partial charge in [-0.15, -0.1) is 0 Å². The summed E-state index contributed by atoms with van der Waals surface area (Å²) in [6, 6.07) is 12.1. The molecule has 1 amide bonds. The van der Waals surface area contributed by atoms with E-state index in [9.17, 15) is 4.79 Å². The Bertz CT molecular complexity index is 705. The summed E-state index contributed by atoms with van der Waals surface area (Å²) in [7, 11) is 0. The minimum Gasteiger partial charge on any atom is -0.318 e. The first kappa shape index (κ1) is 14.9. The molecule has 3 rings (SSSR count). The number of rotatable bonds is 2. The van der Waals surface area contributed by atoms with Crippen molar-refractivity contribution in [2.45, 2.75) is 12.1 Å². The smallest absolute Gasteiger partial charge is 0.247 e. The molecule has 2 atom stereocenters. The zero-order valence-electron chi connectivity index (χ0n) is 10.8. The van der Waals surface area contributed by atoms with E-state index in [0.29, 0.717) is 15.7 Å². The molecule has 0 saturated carbocycles. The Hall–Kier alpha value is -1.07. The van der Waals surface area contributed by atoms with E-state index in [0.717, 1.165) is 10.0 Å². The van der Waals surface area contributed by atoms with Crippen molar-refractivity contribution in [2.24, 2.45) is 5.73 Å². The van der Waals surface area contributed by atoms with E-state index in [4.69, 9.17) is 28.9 Å². The van der Waals surface area contributed by atoms with Gasteiger partial charge in [-0.1, -0.05) is 51.3 Å². The van der Waals surface area contributed by atoms with Crippen molar-refractivity contribution in [2.75, 3.05) is 4.90 Å². The van der Waals surface area contributed by atoms with E-state index in [-0.39, 0.29) is 11.9 Å². The number of anilines is 1. The number of nitrogens with zero attached hydrogens (tertiary/aromatic N) is 1. The van der Waals surface area contributed by atoms with Crippen molar-refractivity contribution < 1.29 is 4.79 Å². The van der Waals surface area contributed by atoms with Gasteiger partial charge in [0, 0.05) is 10.2 Å². The number of nitrogens with two attached hydrogens (primary N) is 1. The molecule has 1 aliphatic rings. The van der Waals surface area contributed by atoms with Gasteiger partial charge in [-0.2, -0.15) is 0 Å². The molecule has 0 unspecified atom stereocenters. The van der Waals surface area contributed by atoms with Gasteiger partial charge in [0.2, 0.25) is 5.91 Å². The lowest BCUT2D eigenvalue weighted by Gasteiger charge is -2.45. The summed E-state index contributed by atoms with van der Waals surface area (Å²) in [6.45, 7) is 0. The average Bonchev–Trinajstić information content (AvgIpc) is 2.48. The second-order valence-corrected chi connectivity index (χ2v) is 6.56. The van der Waals surface area contributed by atoms with E-state index in [1.165, 1.54) is 0 Å². The van der Waals surface area contributed by atoms with Crippen LogP contribution in [0.4, 0.5) is 5.69 Å². The van der Waals surface area contributed by atoms with Crippen LogP contribution in [-0.4, -0.2) is 11.9 Å². The summed E-state index contributed by atoms with van der Waals surface area (Å²) in [5.41, 5.74) is 7.65. The highest BCUT2D eigenvalue weighted by molar-refractivity contribution is 9.10. The highest BCUT2D eigenvalue weighted by atomic mass is 79.9. The van der Waals surface area contributed by atoms with E-state index in [1.807, 2.05) is 24.3 Å². The number of amides is 1. The van der Waals surface area contributed by atoms with Crippen LogP contribution in [0.15, 0.2) is 46.9 Å². The number of carbonyl (C=O) groups excluding carboxylic acids is 1. The number of halogens is 3. The van der Waals surface area contributed by atoms with Gasteiger partial charge in [0.1, 0.15) is 6.04 Å². The minimum atomic E-state index is -0.541. The molecular formula is C15H11BrCl2N2O. The summed E-state index contributed by atoms with van der Waals surface area (Å²) < 4.78 is 0.978. The second kappa shape index (κ2) is 5.61. The van der Waals surface area contributed by atoms with Gasteiger partial charge >= 0.3 is 0 Å². The maximum Gasteiger partial charge on any atom is 0.247 e. The van der Waals surface area contributed by atoms with Crippen molar-refractivity contribution in [1.29, 1.82) is 0 Å². The number of β-lactam (4-membered cyclic amide) rings is 1. The van der Waals surface area contributed by atoms with Gasteiger partial charge in [0.05, 0.1) is 16.1 Å². The summed E-state index contributed by atoms with van der Waals surface area (Å²) >= 11 is 15.3. The second-order valence-electron chi connectivity index (χ2n) is 4.83. The van der Waals surface area contributed by atoms with Gasteiger partial charge in [0.25, 0.3) is 0 Å². The Morgan fingerprint density at radius 2 is 1.71 bits per heavy atom. The largest absolute Gasteiger partial charge is 0.318 e. The lowest BCUT2D eigenvalue weighted by atomic mass is 9.88. The SMILES string of the molecule is N[C@H]1C(=O)N(c2ccc(Cl)c(Cl)c2)[C@H]1c1ccc(Br)cc1. The summed E-state index contributed by atoms with van der Waals surface area (Å²) in [4.78, 5) is 13.8. The van der Waals surface area contributed by atoms with Crippen LogP contribution in [0.25, 0.3) is 0 Å². The van der Waals surface area contributed by atoms with E-state index < -0.39 is 6.04 Å². The molecule has 2 aromatic rings. The Balaban J connectivity index is 1.98. The normalized spacial score (nSPS) is 21.3. The molecule has 21 heavy (non-hydrogen) atoms. The molecule has 0 spiro atoms. The van der Waals surface area contributed by atoms with Crippen LogP contribution in [0.1, 0.15) is 11.6 Å². The lowest BCUT2D eigenvalue weighted by molar-refractivity contribution is -0.126. The summed E-state index contributed by atoms with van der Waals surface area (Å²) in [5, 5.41) is 0.870. The highest BCUT2D eigenvalue weighted by Gasteiger charge is 2.46. The molecule has 1 heterocycles. The quantitative estimate of drug-likeness (QED) is 0.788. The molecule has 2 N–H and O–H groups in total. The van der Waals surface area contributed by atoms with Gasteiger partial charge in [-0.3, -0.25) is 4.79 Å². The van der Waals surface area contributed by atoms with Gasteiger partial charge in [-0.05, 0) is 35.9 Å². The first-order chi connectivity index (χ1) is 9.99. The van der Waals surface area contributed by atoms with Gasteiger partial charge in [-0.25, -0.2) is 0 Å². The fourth-order valence-electron chi connectivity index (χ4n) is 2.45. The number of hydrogen-bond acceptors (Lipinski definition) is 2. The molecular weight excluding hydrogens is 375 g/mol. The minimum absolute atomic E-state index is 0.124. The van der Waals surface area contributed by atoms with Gasteiger partial charge < -0.3 is 10.6 Å². The molecule has 0 bridgehead atoms. The fourth-order valence-corrected chi connectivity index (χ4v) is 3.01. The van der Waals surface area contributed by atoms with E-state index in [2.05, 4.69) is 15.9 Å². The first-order valence-electron chi connectivity index (χ1n) is 6.28.